The second-order valence-electron chi connectivity index (χ2n) is 3.19. The number of carbonyl (C=O) groups is 2. The van der Waals surface area contributed by atoms with Gasteiger partial charge in [0, 0.05) is 11.6 Å². The third kappa shape index (κ3) is 8.55. The number of halogens is 1. The average molecular weight is 274 g/mol. The summed E-state index contributed by atoms with van der Waals surface area (Å²) in [7, 11) is 0. The molecule has 5 nitrogen and oxygen atoms in total. The van der Waals surface area contributed by atoms with E-state index in [1.165, 1.54) is 0 Å². The van der Waals surface area contributed by atoms with Crippen LogP contribution in [0, 0.1) is 0 Å². The van der Waals surface area contributed by atoms with Crippen LogP contribution in [0.1, 0.15) is 13.8 Å². The Bertz CT molecular complexity index is 368. The molecule has 0 saturated carbocycles. The fraction of sp³-hybridized carbons (Fsp3) is 0.333. The number of hydrogen-bond acceptors (Lipinski definition) is 5. The van der Waals surface area contributed by atoms with Crippen LogP contribution in [-0.2, 0) is 9.53 Å². The fourth-order valence-corrected chi connectivity index (χ4v) is 0.944. The Balaban J connectivity index is 0.000000331. The minimum atomic E-state index is -0.814. The summed E-state index contributed by atoms with van der Waals surface area (Å²) in [6, 6.07) is 8.16. The van der Waals surface area contributed by atoms with Crippen LogP contribution in [0.4, 0.5) is 4.79 Å². The number of ether oxygens (including phenoxy) is 2. The van der Waals surface area contributed by atoms with Gasteiger partial charge < -0.3 is 15.2 Å². The first kappa shape index (κ1) is 16.4. The third-order valence-electron chi connectivity index (χ3n) is 1.60. The lowest BCUT2D eigenvalue weighted by molar-refractivity contribution is -0.144. The van der Waals surface area contributed by atoms with Crippen molar-refractivity contribution < 1.29 is 19.1 Å². The molecule has 0 amide bonds. The van der Waals surface area contributed by atoms with Gasteiger partial charge in [0.2, 0.25) is 0 Å². The van der Waals surface area contributed by atoms with E-state index in [0.717, 1.165) is 0 Å². The van der Waals surface area contributed by atoms with Gasteiger partial charge in [-0.05, 0) is 26.0 Å². The van der Waals surface area contributed by atoms with Crippen molar-refractivity contribution >= 4 is 23.0 Å². The van der Waals surface area contributed by atoms with Gasteiger partial charge in [-0.1, -0.05) is 18.2 Å². The van der Waals surface area contributed by atoms with Gasteiger partial charge in [0.1, 0.15) is 11.8 Å². The number of esters is 1. The van der Waals surface area contributed by atoms with Crippen molar-refractivity contribution in [2.45, 2.75) is 19.9 Å². The summed E-state index contributed by atoms with van der Waals surface area (Å²) in [5, 5.41) is 0. The monoisotopic (exact) mass is 273 g/mol. The maximum atomic E-state index is 10.4. The minimum absolute atomic E-state index is 0.340. The van der Waals surface area contributed by atoms with Crippen LogP contribution in [0.15, 0.2) is 30.3 Å². The normalized spacial score (nSPS) is 10.7. The fourth-order valence-electron chi connectivity index (χ4n) is 0.855. The molecule has 0 spiro atoms. The lowest BCUT2D eigenvalue weighted by Gasteiger charge is -2.02. The number of carbonyl (C=O) groups excluding carboxylic acids is 2. The molecule has 0 aliphatic rings. The molecule has 0 fully saturated rings. The number of benzene rings is 1. The van der Waals surface area contributed by atoms with Crippen molar-refractivity contribution in [1.82, 2.24) is 0 Å². The quantitative estimate of drug-likeness (QED) is 0.675. The molecule has 0 aliphatic heterocycles. The van der Waals surface area contributed by atoms with Gasteiger partial charge in [-0.3, -0.25) is 4.79 Å². The highest BCUT2D eigenvalue weighted by atomic mass is 35.5. The molecule has 1 unspecified atom stereocenters. The number of nitrogens with two attached hydrogens (primary N) is 1. The van der Waals surface area contributed by atoms with Gasteiger partial charge in [0.15, 0.2) is 0 Å². The summed E-state index contributed by atoms with van der Waals surface area (Å²) >= 11 is 4.95. The van der Waals surface area contributed by atoms with E-state index in [9.17, 15) is 9.59 Å². The van der Waals surface area contributed by atoms with Crippen molar-refractivity contribution in [2.24, 2.45) is 5.73 Å². The molecule has 1 atom stereocenters. The molecule has 0 bridgehead atoms. The zero-order valence-corrected chi connectivity index (χ0v) is 11.0. The zero-order valence-electron chi connectivity index (χ0n) is 10.3. The lowest BCUT2D eigenvalue weighted by atomic mass is 10.3. The lowest BCUT2D eigenvalue weighted by Crippen LogP contribution is -2.28. The average Bonchev–Trinajstić information content (AvgIpc) is 2.30. The third-order valence-corrected chi connectivity index (χ3v) is 1.68. The van der Waals surface area contributed by atoms with Gasteiger partial charge in [-0.15, -0.1) is 0 Å². The predicted molar refractivity (Wildman–Crippen MR) is 68.6 cm³/mol. The zero-order chi connectivity index (χ0) is 14.0. The molecule has 1 rings (SSSR count). The summed E-state index contributed by atoms with van der Waals surface area (Å²) in [6.45, 7) is 3.75. The summed E-state index contributed by atoms with van der Waals surface area (Å²) in [5.74, 6) is 0.120. The van der Waals surface area contributed by atoms with E-state index >= 15 is 0 Å². The summed E-state index contributed by atoms with van der Waals surface area (Å²) in [6.07, 6.45) is 0. The second-order valence-corrected chi connectivity index (χ2v) is 3.50. The Morgan fingerprint density at radius 2 is 1.89 bits per heavy atom. The van der Waals surface area contributed by atoms with E-state index in [0.29, 0.717) is 12.4 Å². The first-order valence-electron chi connectivity index (χ1n) is 5.32. The predicted octanol–water partition coefficient (Wildman–Crippen LogP) is 2.32. The number of para-hydroxylation sites is 1. The Hall–Kier alpha value is -1.59. The molecule has 1 aromatic rings. The second kappa shape index (κ2) is 9.44. The first-order chi connectivity index (χ1) is 8.47. The van der Waals surface area contributed by atoms with Crippen molar-refractivity contribution in [2.75, 3.05) is 6.61 Å². The Labute approximate surface area is 111 Å². The molecule has 100 valence electrons. The van der Waals surface area contributed by atoms with Gasteiger partial charge in [-0.25, -0.2) is 4.79 Å². The molecule has 0 aromatic heterocycles. The van der Waals surface area contributed by atoms with E-state index in [2.05, 4.69) is 9.47 Å². The van der Waals surface area contributed by atoms with Gasteiger partial charge in [0.25, 0.3) is 0 Å². The summed E-state index contributed by atoms with van der Waals surface area (Å²) in [4.78, 5) is 20.6. The van der Waals surface area contributed by atoms with Crippen LogP contribution in [0.25, 0.3) is 0 Å². The van der Waals surface area contributed by atoms with Crippen LogP contribution >= 0.6 is 11.6 Å². The van der Waals surface area contributed by atoms with E-state index in [1.807, 2.05) is 6.07 Å². The topological polar surface area (TPSA) is 78.6 Å². The largest absolute Gasteiger partial charge is 0.465 e. The van der Waals surface area contributed by atoms with Crippen molar-refractivity contribution in [1.29, 1.82) is 0 Å². The maximum Gasteiger partial charge on any atom is 0.409 e. The van der Waals surface area contributed by atoms with Crippen molar-refractivity contribution in [3.63, 3.8) is 0 Å². The highest BCUT2D eigenvalue weighted by Gasteiger charge is 2.05. The molecular weight excluding hydrogens is 258 g/mol. The maximum absolute atomic E-state index is 10.4. The van der Waals surface area contributed by atoms with Crippen LogP contribution in [0.2, 0.25) is 0 Å². The van der Waals surface area contributed by atoms with Crippen LogP contribution < -0.4 is 10.5 Å². The Kier molecular flexibility index (Phi) is 8.61. The standard InChI is InChI=1S/C7H5ClO2.C5H11NO2/c8-7(9)10-6-4-2-1-3-5-6;1-3-8-5(7)4(2)6/h1-5H;4H,3,6H2,1-2H3. The van der Waals surface area contributed by atoms with Crippen LogP contribution in [-0.4, -0.2) is 24.0 Å². The van der Waals surface area contributed by atoms with E-state index in [1.54, 1.807) is 38.1 Å². The molecular formula is C12H16ClNO4. The summed E-state index contributed by atoms with van der Waals surface area (Å²) < 4.78 is 9.08. The molecule has 2 N–H and O–H groups in total. The smallest absolute Gasteiger partial charge is 0.409 e. The van der Waals surface area contributed by atoms with Crippen molar-refractivity contribution in [3.8, 4) is 5.75 Å². The van der Waals surface area contributed by atoms with Crippen molar-refractivity contribution in [3.05, 3.63) is 30.3 Å². The molecule has 0 saturated heterocycles. The van der Waals surface area contributed by atoms with Crippen LogP contribution in [0.5, 0.6) is 5.75 Å². The van der Waals surface area contributed by atoms with E-state index in [4.69, 9.17) is 17.3 Å². The molecule has 0 radical (unpaired) electrons. The minimum Gasteiger partial charge on any atom is -0.465 e. The summed E-state index contributed by atoms with van der Waals surface area (Å²) in [5.41, 5.74) is 4.33. The number of rotatable bonds is 3. The van der Waals surface area contributed by atoms with Gasteiger partial charge in [-0.2, -0.15) is 0 Å². The van der Waals surface area contributed by atoms with Crippen LogP contribution in [0.3, 0.4) is 0 Å². The Morgan fingerprint density at radius 1 is 1.33 bits per heavy atom. The first-order valence-corrected chi connectivity index (χ1v) is 5.69. The molecule has 0 aliphatic carbocycles. The highest BCUT2D eigenvalue weighted by Crippen LogP contribution is 2.09. The number of hydrogen-bond donors (Lipinski definition) is 1. The van der Waals surface area contributed by atoms with Gasteiger partial charge >= 0.3 is 11.4 Å². The van der Waals surface area contributed by atoms with E-state index < -0.39 is 11.5 Å². The molecule has 18 heavy (non-hydrogen) atoms. The highest BCUT2D eigenvalue weighted by molar-refractivity contribution is 6.61. The van der Waals surface area contributed by atoms with E-state index in [-0.39, 0.29) is 5.97 Å². The SMILES string of the molecule is CCOC(=O)C(C)N.O=C(Cl)Oc1ccccc1. The Morgan fingerprint density at radius 3 is 2.22 bits per heavy atom. The van der Waals surface area contributed by atoms with Gasteiger partial charge in [0.05, 0.1) is 6.61 Å². The molecule has 0 heterocycles. The molecule has 6 heteroatoms. The molecule has 1 aromatic carbocycles.